The van der Waals surface area contributed by atoms with Gasteiger partial charge in [-0.15, -0.1) is 0 Å². The summed E-state index contributed by atoms with van der Waals surface area (Å²) >= 11 is 0. The third kappa shape index (κ3) is 10.5. The van der Waals surface area contributed by atoms with Crippen LogP contribution in [-0.2, 0) is 12.5 Å². The first-order chi connectivity index (χ1) is 19.7. The molecule has 4 rings (SSSR count). The van der Waals surface area contributed by atoms with Crippen molar-refractivity contribution in [1.29, 1.82) is 0 Å². The van der Waals surface area contributed by atoms with E-state index in [4.69, 9.17) is 13.9 Å². The van der Waals surface area contributed by atoms with Gasteiger partial charge in [0.25, 0.3) is 0 Å². The van der Waals surface area contributed by atoms with Crippen molar-refractivity contribution < 1.29 is 27.5 Å². The fourth-order valence-electron chi connectivity index (χ4n) is 4.28. The molecule has 0 fully saturated rings. The van der Waals surface area contributed by atoms with Gasteiger partial charge in [0.05, 0.1) is 18.4 Å². The van der Waals surface area contributed by atoms with Gasteiger partial charge < -0.3 is 19.3 Å². The van der Waals surface area contributed by atoms with Crippen LogP contribution in [0.1, 0.15) is 92.8 Å². The van der Waals surface area contributed by atoms with Gasteiger partial charge in [0, 0.05) is 25.2 Å². The number of hydrogen-bond donors (Lipinski definition) is 2. The summed E-state index contributed by atoms with van der Waals surface area (Å²) in [6, 6.07) is 10.3. The van der Waals surface area contributed by atoms with Crippen molar-refractivity contribution in [2.45, 2.75) is 84.6 Å². The summed E-state index contributed by atoms with van der Waals surface area (Å²) in [6.45, 7) is 6.27. The number of carboxylic acid groups (broad SMARTS) is 1. The molecule has 0 radical (unpaired) electrons. The number of benzene rings is 1. The van der Waals surface area contributed by atoms with Gasteiger partial charge in [-0.3, -0.25) is 4.68 Å². The van der Waals surface area contributed by atoms with Crippen molar-refractivity contribution >= 4 is 11.7 Å². The number of hydrogen-bond acceptors (Lipinski definition) is 6. The van der Waals surface area contributed by atoms with Crippen LogP contribution in [0.3, 0.4) is 0 Å². The van der Waals surface area contributed by atoms with Crippen molar-refractivity contribution in [3.8, 4) is 11.3 Å². The van der Waals surface area contributed by atoms with Crippen molar-refractivity contribution in [1.82, 2.24) is 14.8 Å². The predicted molar refractivity (Wildman–Crippen MR) is 154 cm³/mol. The van der Waals surface area contributed by atoms with Crippen LogP contribution in [0.2, 0.25) is 0 Å². The van der Waals surface area contributed by atoms with Crippen molar-refractivity contribution in [3.63, 3.8) is 0 Å². The van der Waals surface area contributed by atoms with E-state index >= 15 is 0 Å². The SMILES string of the molecule is CCCCCCCCCCNc1cnn(Cc2ccc(C(C)(F)F)o2)c1.Cc1cccc(-c2ocnc2C(=O)O)c1. The van der Waals surface area contributed by atoms with Crippen LogP contribution in [0.5, 0.6) is 0 Å². The fourth-order valence-corrected chi connectivity index (χ4v) is 4.28. The molecule has 0 atom stereocenters. The Morgan fingerprint density at radius 3 is 2.46 bits per heavy atom. The van der Waals surface area contributed by atoms with Gasteiger partial charge in [-0.25, -0.2) is 9.78 Å². The molecule has 8 nitrogen and oxygen atoms in total. The molecule has 0 saturated heterocycles. The summed E-state index contributed by atoms with van der Waals surface area (Å²) < 4.78 is 38.3. The Hall–Kier alpha value is -3.95. The lowest BCUT2D eigenvalue weighted by Crippen LogP contribution is -2.05. The number of alkyl halides is 2. The van der Waals surface area contributed by atoms with Crippen molar-refractivity contribution in [3.05, 3.63) is 78.0 Å². The maximum absolute atomic E-state index is 13.2. The topological polar surface area (TPSA) is 106 Å². The van der Waals surface area contributed by atoms with Gasteiger partial charge in [-0.1, -0.05) is 75.6 Å². The summed E-state index contributed by atoms with van der Waals surface area (Å²) in [6.07, 6.45) is 15.2. The molecule has 3 heterocycles. The van der Waals surface area contributed by atoms with E-state index in [0.717, 1.165) is 43.1 Å². The molecule has 0 spiro atoms. The molecule has 2 N–H and O–H groups in total. The fraction of sp³-hybridized carbons (Fsp3) is 0.452. The lowest BCUT2D eigenvalue weighted by atomic mass is 10.1. The number of aromatic nitrogens is 3. The molecule has 1 aromatic carbocycles. The largest absolute Gasteiger partial charge is 0.476 e. The molecule has 0 saturated carbocycles. The van der Waals surface area contributed by atoms with Gasteiger partial charge in [-0.05, 0) is 31.5 Å². The Labute approximate surface area is 239 Å². The average molecular weight is 571 g/mol. The number of carbonyl (C=O) groups is 1. The Morgan fingerprint density at radius 2 is 1.80 bits per heavy atom. The monoisotopic (exact) mass is 570 g/mol. The summed E-state index contributed by atoms with van der Waals surface area (Å²) in [7, 11) is 0. The minimum absolute atomic E-state index is 0.0550. The average Bonchev–Trinajstić information content (AvgIpc) is 3.69. The maximum atomic E-state index is 13.2. The van der Waals surface area contributed by atoms with Crippen LogP contribution in [0.4, 0.5) is 14.5 Å². The number of aryl methyl sites for hydroxylation is 1. The number of aromatic carboxylic acids is 1. The van der Waals surface area contributed by atoms with Crippen LogP contribution in [0.25, 0.3) is 11.3 Å². The molecule has 0 unspecified atom stereocenters. The normalized spacial score (nSPS) is 11.2. The van der Waals surface area contributed by atoms with Crippen LogP contribution in [0, 0.1) is 6.92 Å². The summed E-state index contributed by atoms with van der Waals surface area (Å²) in [5.74, 6) is -3.58. The quantitative estimate of drug-likeness (QED) is 0.138. The number of carboxylic acids is 1. The molecule has 0 amide bonds. The molecule has 4 aromatic rings. The highest BCUT2D eigenvalue weighted by molar-refractivity contribution is 5.92. The van der Waals surface area contributed by atoms with Gasteiger partial charge in [0.2, 0.25) is 0 Å². The second kappa shape index (κ2) is 15.7. The zero-order valence-electron chi connectivity index (χ0n) is 24.0. The smallest absolute Gasteiger partial charge is 0.358 e. The van der Waals surface area contributed by atoms with Gasteiger partial charge >= 0.3 is 11.9 Å². The third-order valence-electron chi connectivity index (χ3n) is 6.46. The number of halogens is 2. The predicted octanol–water partition coefficient (Wildman–Crippen LogP) is 8.54. The number of furan rings is 1. The Morgan fingerprint density at radius 1 is 1.07 bits per heavy atom. The Bertz CT molecular complexity index is 1340. The lowest BCUT2D eigenvalue weighted by Gasteiger charge is -2.05. The van der Waals surface area contributed by atoms with Crippen LogP contribution < -0.4 is 5.32 Å². The molecule has 3 aromatic heterocycles. The number of unbranched alkanes of at least 4 members (excludes halogenated alkanes) is 7. The van der Waals surface area contributed by atoms with E-state index in [-0.39, 0.29) is 11.5 Å². The summed E-state index contributed by atoms with van der Waals surface area (Å²) in [5, 5.41) is 16.5. The molecular formula is C31H40F2N4O4. The van der Waals surface area contributed by atoms with Gasteiger partial charge in [0.1, 0.15) is 5.76 Å². The summed E-state index contributed by atoms with van der Waals surface area (Å²) in [4.78, 5) is 14.5. The van der Waals surface area contributed by atoms with E-state index in [1.807, 2.05) is 31.3 Å². The van der Waals surface area contributed by atoms with Crippen molar-refractivity contribution in [2.24, 2.45) is 0 Å². The van der Waals surface area contributed by atoms with Crippen molar-refractivity contribution in [2.75, 3.05) is 11.9 Å². The number of nitrogens with one attached hydrogen (secondary N) is 1. The second-order valence-electron chi connectivity index (χ2n) is 10.2. The molecule has 0 aliphatic heterocycles. The molecule has 0 aliphatic carbocycles. The first kappa shape index (κ1) is 31.6. The molecule has 0 bridgehead atoms. The van der Waals surface area contributed by atoms with E-state index in [1.54, 1.807) is 23.0 Å². The van der Waals surface area contributed by atoms with E-state index < -0.39 is 11.9 Å². The van der Waals surface area contributed by atoms with E-state index in [0.29, 0.717) is 18.1 Å². The number of nitrogens with zero attached hydrogens (tertiary/aromatic N) is 3. The molecular weight excluding hydrogens is 530 g/mol. The highest BCUT2D eigenvalue weighted by atomic mass is 19.3. The zero-order chi connectivity index (χ0) is 29.7. The first-order valence-electron chi connectivity index (χ1n) is 14.1. The molecule has 10 heteroatoms. The number of rotatable bonds is 15. The van der Waals surface area contributed by atoms with Gasteiger partial charge in [0.15, 0.2) is 23.6 Å². The third-order valence-corrected chi connectivity index (χ3v) is 6.46. The summed E-state index contributed by atoms with van der Waals surface area (Å²) in [5.41, 5.74) is 2.66. The number of oxazole rings is 1. The van der Waals surface area contributed by atoms with E-state index in [9.17, 15) is 13.6 Å². The Balaban J connectivity index is 0.000000260. The lowest BCUT2D eigenvalue weighted by molar-refractivity contribution is -0.00637. The standard InChI is InChI=1S/C20H31F2N3O.C11H9NO3/c1-3-4-5-6-7-8-9-10-13-23-17-14-24-25(15-17)16-18-11-12-19(26-18)20(2,21)22;1-7-3-2-4-8(5-7)10-9(11(13)14)12-6-15-10/h11-12,14-15,23H,3-10,13,16H2,1-2H3;2-6H,1H3,(H,13,14). The molecule has 41 heavy (non-hydrogen) atoms. The van der Waals surface area contributed by atoms with Crippen LogP contribution in [0.15, 0.2) is 64.0 Å². The first-order valence-corrected chi connectivity index (χ1v) is 14.1. The zero-order valence-corrected chi connectivity index (χ0v) is 24.0. The molecule has 222 valence electrons. The highest BCUT2D eigenvalue weighted by Gasteiger charge is 2.28. The minimum atomic E-state index is -2.95. The van der Waals surface area contributed by atoms with Crippen LogP contribution >= 0.6 is 0 Å². The highest BCUT2D eigenvalue weighted by Crippen LogP contribution is 2.28. The molecule has 0 aliphatic rings. The Kier molecular flexibility index (Phi) is 12.1. The van der Waals surface area contributed by atoms with Gasteiger partial charge in [-0.2, -0.15) is 13.9 Å². The second-order valence-corrected chi connectivity index (χ2v) is 10.2. The van der Waals surface area contributed by atoms with E-state index in [1.165, 1.54) is 51.0 Å². The number of anilines is 1. The van der Waals surface area contributed by atoms with E-state index in [2.05, 4.69) is 22.3 Å². The van der Waals surface area contributed by atoms with Crippen LogP contribution in [-0.4, -0.2) is 32.4 Å². The maximum Gasteiger partial charge on any atom is 0.358 e. The minimum Gasteiger partial charge on any atom is -0.476 e.